The van der Waals surface area contributed by atoms with Gasteiger partial charge in [0.15, 0.2) is 0 Å². The zero-order chi connectivity index (χ0) is 19.6. The lowest BCUT2D eigenvalue weighted by Gasteiger charge is -2.37. The number of non-ortho nitro benzene ring substituents is 1. The number of thiol groups is 1. The van der Waals surface area contributed by atoms with E-state index in [-0.39, 0.29) is 16.3 Å². The van der Waals surface area contributed by atoms with Gasteiger partial charge in [-0.25, -0.2) is 0 Å². The monoisotopic (exact) mass is 382 g/mol. The van der Waals surface area contributed by atoms with E-state index in [9.17, 15) is 20.2 Å². The molecule has 0 spiro atoms. The van der Waals surface area contributed by atoms with Gasteiger partial charge in [0.25, 0.3) is 11.6 Å². The number of benzene rings is 2. The van der Waals surface area contributed by atoms with Gasteiger partial charge in [-0.15, -0.1) is 12.6 Å². The van der Waals surface area contributed by atoms with E-state index in [4.69, 9.17) is 4.74 Å². The van der Waals surface area contributed by atoms with Gasteiger partial charge >= 0.3 is 0 Å². The lowest BCUT2D eigenvalue weighted by Crippen LogP contribution is -2.46. The summed E-state index contributed by atoms with van der Waals surface area (Å²) in [6.45, 7) is 0. The number of nitro groups is 1. The number of ether oxygens (including phenoxy) is 1. The molecule has 1 aliphatic heterocycles. The first kappa shape index (κ1) is 18.3. The molecule has 27 heavy (non-hydrogen) atoms. The molecular formula is C18H14N4O4S. The molecule has 1 heterocycles. The maximum absolute atomic E-state index is 12.3. The minimum absolute atomic E-state index is 0.104. The van der Waals surface area contributed by atoms with Crippen LogP contribution in [0.15, 0.2) is 59.1 Å². The number of methoxy groups -OCH3 is 1. The van der Waals surface area contributed by atoms with E-state index in [1.54, 1.807) is 42.3 Å². The second-order valence-electron chi connectivity index (χ2n) is 5.61. The Morgan fingerprint density at radius 1 is 1.30 bits per heavy atom. The highest BCUT2D eigenvalue weighted by Crippen LogP contribution is 2.37. The standard InChI is InChI=1S/C18H14N4O4S/c1-26-14-7-5-12(6-8-14)21-16(20-17(23)15(10-19)18(21)27)11-3-2-4-13(9-11)22(24)25/h2-9,16,27H,1H3,(H,20,23). The molecule has 9 heteroatoms. The Morgan fingerprint density at radius 2 is 2.00 bits per heavy atom. The zero-order valence-electron chi connectivity index (χ0n) is 14.1. The first-order valence-electron chi connectivity index (χ1n) is 7.78. The molecule has 1 amide bonds. The first-order valence-corrected chi connectivity index (χ1v) is 8.23. The Kier molecular flexibility index (Phi) is 5.00. The minimum Gasteiger partial charge on any atom is -0.497 e. The van der Waals surface area contributed by atoms with E-state index >= 15 is 0 Å². The molecule has 1 N–H and O–H groups in total. The number of amides is 1. The van der Waals surface area contributed by atoms with E-state index in [1.807, 2.05) is 6.07 Å². The van der Waals surface area contributed by atoms with Crippen LogP contribution in [0.25, 0.3) is 0 Å². The summed E-state index contributed by atoms with van der Waals surface area (Å²) in [5.41, 5.74) is 0.866. The van der Waals surface area contributed by atoms with Crippen LogP contribution in [-0.2, 0) is 4.79 Å². The van der Waals surface area contributed by atoms with Crippen LogP contribution in [0.4, 0.5) is 11.4 Å². The minimum atomic E-state index is -0.768. The highest BCUT2D eigenvalue weighted by atomic mass is 32.1. The summed E-state index contributed by atoms with van der Waals surface area (Å²) < 4.78 is 5.15. The number of nitro benzene ring substituents is 1. The van der Waals surface area contributed by atoms with Crippen molar-refractivity contribution in [2.75, 3.05) is 12.0 Å². The topological polar surface area (TPSA) is 108 Å². The number of nitrogens with one attached hydrogen (secondary N) is 1. The van der Waals surface area contributed by atoms with Crippen molar-refractivity contribution >= 4 is 29.9 Å². The average molecular weight is 382 g/mol. The molecule has 0 saturated heterocycles. The Bertz CT molecular complexity index is 982. The molecule has 0 bridgehead atoms. The molecule has 8 nitrogen and oxygen atoms in total. The molecule has 1 unspecified atom stereocenters. The van der Waals surface area contributed by atoms with Gasteiger partial charge in [-0.05, 0) is 24.3 Å². The van der Waals surface area contributed by atoms with Gasteiger partial charge in [-0.1, -0.05) is 12.1 Å². The highest BCUT2D eigenvalue weighted by molar-refractivity contribution is 7.84. The number of hydrogen-bond acceptors (Lipinski definition) is 7. The largest absolute Gasteiger partial charge is 0.497 e. The summed E-state index contributed by atoms with van der Waals surface area (Å²) in [5, 5.41) is 23.3. The molecule has 2 aromatic rings. The Balaban J connectivity index is 2.14. The predicted octanol–water partition coefficient (Wildman–Crippen LogP) is 2.90. The first-order chi connectivity index (χ1) is 13.0. The van der Waals surface area contributed by atoms with Crippen molar-refractivity contribution in [3.63, 3.8) is 0 Å². The molecular weight excluding hydrogens is 368 g/mol. The van der Waals surface area contributed by atoms with Crippen molar-refractivity contribution in [3.8, 4) is 11.8 Å². The van der Waals surface area contributed by atoms with Crippen LogP contribution in [0, 0.1) is 21.4 Å². The van der Waals surface area contributed by atoms with Crippen LogP contribution >= 0.6 is 12.6 Å². The van der Waals surface area contributed by atoms with E-state index in [0.29, 0.717) is 17.0 Å². The number of carbonyl (C=O) groups excluding carboxylic acids is 1. The molecule has 0 aromatic heterocycles. The molecule has 0 aliphatic carbocycles. The summed E-state index contributed by atoms with van der Waals surface area (Å²) in [6.07, 6.45) is -0.768. The summed E-state index contributed by atoms with van der Waals surface area (Å²) in [5.74, 6) is 0.0423. The number of rotatable bonds is 4. The number of anilines is 1. The van der Waals surface area contributed by atoms with Crippen LogP contribution in [-0.4, -0.2) is 17.9 Å². The zero-order valence-corrected chi connectivity index (χ0v) is 15.0. The third-order valence-electron chi connectivity index (χ3n) is 4.06. The third kappa shape index (κ3) is 3.43. The smallest absolute Gasteiger partial charge is 0.269 e. The van der Waals surface area contributed by atoms with Crippen molar-refractivity contribution in [1.29, 1.82) is 5.26 Å². The van der Waals surface area contributed by atoms with E-state index < -0.39 is 17.0 Å². The van der Waals surface area contributed by atoms with Gasteiger partial charge in [0.2, 0.25) is 0 Å². The Labute approximate surface area is 160 Å². The molecule has 0 fully saturated rings. The number of nitriles is 1. The molecule has 3 rings (SSSR count). The quantitative estimate of drug-likeness (QED) is 0.478. The number of nitrogens with zero attached hydrogens (tertiary/aromatic N) is 3. The molecule has 0 saturated carbocycles. The van der Waals surface area contributed by atoms with Crippen molar-refractivity contribution < 1.29 is 14.5 Å². The average Bonchev–Trinajstić information content (AvgIpc) is 2.68. The summed E-state index contributed by atoms with van der Waals surface area (Å²) >= 11 is 4.38. The van der Waals surface area contributed by atoms with Crippen LogP contribution in [0.2, 0.25) is 0 Å². The van der Waals surface area contributed by atoms with Crippen molar-refractivity contribution in [2.24, 2.45) is 0 Å². The van der Waals surface area contributed by atoms with Crippen LogP contribution in [0.5, 0.6) is 5.75 Å². The van der Waals surface area contributed by atoms with Gasteiger partial charge < -0.3 is 15.0 Å². The van der Waals surface area contributed by atoms with E-state index in [1.165, 1.54) is 18.2 Å². The highest BCUT2D eigenvalue weighted by Gasteiger charge is 2.34. The second kappa shape index (κ2) is 7.39. The molecule has 136 valence electrons. The lowest BCUT2D eigenvalue weighted by atomic mass is 10.1. The molecule has 2 aromatic carbocycles. The normalized spacial score (nSPS) is 16.6. The number of carbonyl (C=O) groups is 1. The van der Waals surface area contributed by atoms with Gasteiger partial charge in [0, 0.05) is 23.4 Å². The van der Waals surface area contributed by atoms with Gasteiger partial charge in [-0.2, -0.15) is 5.26 Å². The van der Waals surface area contributed by atoms with Crippen molar-refractivity contribution in [2.45, 2.75) is 6.17 Å². The third-order valence-corrected chi connectivity index (χ3v) is 4.50. The lowest BCUT2D eigenvalue weighted by molar-refractivity contribution is -0.384. The fourth-order valence-electron chi connectivity index (χ4n) is 2.76. The van der Waals surface area contributed by atoms with E-state index in [2.05, 4.69) is 17.9 Å². The van der Waals surface area contributed by atoms with Gasteiger partial charge in [0.05, 0.1) is 17.1 Å². The summed E-state index contributed by atoms with van der Waals surface area (Å²) in [6, 6.07) is 14.7. The Hall–Kier alpha value is -3.51. The Morgan fingerprint density at radius 3 is 2.59 bits per heavy atom. The predicted molar refractivity (Wildman–Crippen MR) is 101 cm³/mol. The van der Waals surface area contributed by atoms with Crippen molar-refractivity contribution in [3.05, 3.63) is 74.8 Å². The van der Waals surface area contributed by atoms with Gasteiger partial charge in [0.1, 0.15) is 23.6 Å². The van der Waals surface area contributed by atoms with E-state index in [0.717, 1.165) is 0 Å². The maximum Gasteiger partial charge on any atom is 0.269 e. The maximum atomic E-state index is 12.3. The fraction of sp³-hybridized carbons (Fsp3) is 0.111. The number of hydrogen-bond donors (Lipinski definition) is 2. The molecule has 1 atom stereocenters. The summed E-state index contributed by atoms with van der Waals surface area (Å²) in [7, 11) is 1.54. The van der Waals surface area contributed by atoms with Crippen LogP contribution < -0.4 is 15.0 Å². The van der Waals surface area contributed by atoms with Crippen molar-refractivity contribution in [1.82, 2.24) is 5.32 Å². The summed E-state index contributed by atoms with van der Waals surface area (Å²) in [4.78, 5) is 24.5. The second-order valence-corrected chi connectivity index (χ2v) is 6.03. The SMILES string of the molecule is COc1ccc(N2C(S)=C(C#N)C(=O)NC2c2cccc([N+](=O)[O-])c2)cc1. The molecule has 0 radical (unpaired) electrons. The fourth-order valence-corrected chi connectivity index (χ4v) is 3.14. The van der Waals surface area contributed by atoms with Gasteiger partial charge in [-0.3, -0.25) is 14.9 Å². The van der Waals surface area contributed by atoms with Crippen LogP contribution in [0.3, 0.4) is 0 Å². The molecule has 1 aliphatic rings. The van der Waals surface area contributed by atoms with Crippen LogP contribution in [0.1, 0.15) is 11.7 Å².